The summed E-state index contributed by atoms with van der Waals surface area (Å²) in [7, 11) is 1.52. The van der Waals surface area contributed by atoms with E-state index in [0.29, 0.717) is 15.8 Å². The molecule has 0 N–H and O–H groups in total. The molecule has 3 aromatic rings. The molecule has 0 saturated carbocycles. The van der Waals surface area contributed by atoms with Gasteiger partial charge in [-0.1, -0.05) is 24.3 Å². The molecule has 0 heterocycles. The quantitative estimate of drug-likeness (QED) is 0.593. The van der Waals surface area contributed by atoms with Crippen LogP contribution >= 0.6 is 15.9 Å². The van der Waals surface area contributed by atoms with E-state index in [2.05, 4.69) is 15.9 Å². The standard InChI is InChI=1S/C18H11BrF2O2/c1-23-16-9-13(17(19)12-5-3-2-4-11(12)16)18(22)10-6-7-14(20)15(21)8-10/h2-9H,1H3. The van der Waals surface area contributed by atoms with Gasteiger partial charge >= 0.3 is 0 Å². The summed E-state index contributed by atoms with van der Waals surface area (Å²) in [4.78, 5) is 12.7. The van der Waals surface area contributed by atoms with Crippen LogP contribution in [0.15, 0.2) is 53.0 Å². The van der Waals surface area contributed by atoms with Gasteiger partial charge in [0.2, 0.25) is 0 Å². The summed E-state index contributed by atoms with van der Waals surface area (Å²) in [5.41, 5.74) is 0.397. The van der Waals surface area contributed by atoms with Gasteiger partial charge in [0.25, 0.3) is 0 Å². The molecule has 0 aromatic heterocycles. The Kier molecular flexibility index (Phi) is 4.13. The molecule has 0 saturated heterocycles. The summed E-state index contributed by atoms with van der Waals surface area (Å²) in [6, 6.07) is 12.1. The molecular formula is C18H11BrF2O2. The lowest BCUT2D eigenvalue weighted by molar-refractivity contribution is 0.103. The van der Waals surface area contributed by atoms with E-state index in [1.807, 2.05) is 24.3 Å². The first-order valence-electron chi connectivity index (χ1n) is 6.78. The normalized spacial score (nSPS) is 10.8. The van der Waals surface area contributed by atoms with Gasteiger partial charge < -0.3 is 4.74 Å². The van der Waals surface area contributed by atoms with Crippen molar-refractivity contribution in [2.45, 2.75) is 0 Å². The van der Waals surface area contributed by atoms with Crippen LogP contribution in [0.2, 0.25) is 0 Å². The number of methoxy groups -OCH3 is 1. The predicted molar refractivity (Wildman–Crippen MR) is 88.0 cm³/mol. The van der Waals surface area contributed by atoms with Gasteiger partial charge in [-0.3, -0.25) is 4.79 Å². The topological polar surface area (TPSA) is 26.3 Å². The second kappa shape index (κ2) is 6.08. The molecule has 116 valence electrons. The van der Waals surface area contributed by atoms with Gasteiger partial charge in [-0.25, -0.2) is 8.78 Å². The van der Waals surface area contributed by atoms with Crippen LogP contribution in [0.4, 0.5) is 8.78 Å². The number of carbonyl (C=O) groups is 1. The molecule has 3 rings (SSSR count). The first kappa shape index (κ1) is 15.6. The van der Waals surface area contributed by atoms with E-state index in [0.717, 1.165) is 22.9 Å². The molecule has 0 aliphatic carbocycles. The molecule has 0 fully saturated rings. The Balaban J connectivity index is 2.21. The number of fused-ring (bicyclic) bond motifs is 1. The van der Waals surface area contributed by atoms with Gasteiger partial charge in [0.15, 0.2) is 17.4 Å². The Hall–Kier alpha value is -2.27. The number of hydrogen-bond donors (Lipinski definition) is 0. The van der Waals surface area contributed by atoms with E-state index < -0.39 is 17.4 Å². The maximum absolute atomic E-state index is 13.4. The predicted octanol–water partition coefficient (Wildman–Crippen LogP) is 5.12. The number of halogens is 3. The van der Waals surface area contributed by atoms with Gasteiger partial charge in [-0.15, -0.1) is 0 Å². The zero-order chi connectivity index (χ0) is 16.6. The van der Waals surface area contributed by atoms with Crippen molar-refractivity contribution >= 4 is 32.5 Å². The van der Waals surface area contributed by atoms with Crippen molar-refractivity contribution in [3.63, 3.8) is 0 Å². The zero-order valence-corrected chi connectivity index (χ0v) is 13.7. The van der Waals surface area contributed by atoms with Crippen LogP contribution in [0.25, 0.3) is 10.8 Å². The Labute approximate surface area is 139 Å². The smallest absolute Gasteiger partial charge is 0.194 e. The largest absolute Gasteiger partial charge is 0.496 e. The van der Waals surface area contributed by atoms with Crippen molar-refractivity contribution in [3.05, 3.63) is 75.8 Å². The molecule has 0 amide bonds. The molecule has 0 atom stereocenters. The monoisotopic (exact) mass is 376 g/mol. The number of hydrogen-bond acceptors (Lipinski definition) is 2. The highest BCUT2D eigenvalue weighted by Crippen LogP contribution is 2.36. The van der Waals surface area contributed by atoms with Crippen molar-refractivity contribution in [2.24, 2.45) is 0 Å². The minimum atomic E-state index is -1.06. The second-order valence-electron chi connectivity index (χ2n) is 4.94. The Morgan fingerprint density at radius 1 is 1.00 bits per heavy atom. The number of benzene rings is 3. The highest BCUT2D eigenvalue weighted by atomic mass is 79.9. The first-order valence-corrected chi connectivity index (χ1v) is 7.57. The molecule has 0 aliphatic rings. The lowest BCUT2D eigenvalue weighted by atomic mass is 9.99. The maximum Gasteiger partial charge on any atom is 0.194 e. The highest BCUT2D eigenvalue weighted by Gasteiger charge is 2.19. The minimum absolute atomic E-state index is 0.0712. The molecule has 0 unspecified atom stereocenters. The third-order valence-electron chi connectivity index (χ3n) is 3.59. The summed E-state index contributed by atoms with van der Waals surface area (Å²) in [5, 5.41) is 1.65. The van der Waals surface area contributed by atoms with Gasteiger partial charge in [0, 0.05) is 26.4 Å². The molecule has 0 bridgehead atoms. The summed E-state index contributed by atoms with van der Waals surface area (Å²) in [6.45, 7) is 0. The summed E-state index contributed by atoms with van der Waals surface area (Å²) < 4.78 is 32.4. The summed E-state index contributed by atoms with van der Waals surface area (Å²) >= 11 is 3.43. The van der Waals surface area contributed by atoms with Crippen LogP contribution in [0.3, 0.4) is 0 Å². The second-order valence-corrected chi connectivity index (χ2v) is 5.74. The van der Waals surface area contributed by atoms with Gasteiger partial charge in [-0.2, -0.15) is 0 Å². The van der Waals surface area contributed by atoms with Gasteiger partial charge in [-0.05, 0) is 40.2 Å². The highest BCUT2D eigenvalue weighted by molar-refractivity contribution is 9.10. The zero-order valence-electron chi connectivity index (χ0n) is 12.1. The van der Waals surface area contributed by atoms with Crippen LogP contribution < -0.4 is 4.74 Å². The van der Waals surface area contributed by atoms with Crippen molar-refractivity contribution < 1.29 is 18.3 Å². The number of ketones is 1. The SMILES string of the molecule is COc1cc(C(=O)c2ccc(F)c(F)c2)c(Br)c2ccccc12. The third kappa shape index (κ3) is 2.72. The van der Waals surface area contributed by atoms with Crippen molar-refractivity contribution in [2.75, 3.05) is 7.11 Å². The third-order valence-corrected chi connectivity index (χ3v) is 4.44. The first-order chi connectivity index (χ1) is 11.0. The minimum Gasteiger partial charge on any atom is -0.496 e. The lowest BCUT2D eigenvalue weighted by Gasteiger charge is -2.12. The fourth-order valence-corrected chi connectivity index (χ4v) is 3.07. The molecule has 2 nitrogen and oxygen atoms in total. The number of carbonyl (C=O) groups excluding carboxylic acids is 1. The molecule has 0 aliphatic heterocycles. The fraction of sp³-hybridized carbons (Fsp3) is 0.0556. The van der Waals surface area contributed by atoms with Crippen LogP contribution in [0.5, 0.6) is 5.75 Å². The van der Waals surface area contributed by atoms with Crippen LogP contribution in [0.1, 0.15) is 15.9 Å². The van der Waals surface area contributed by atoms with E-state index in [-0.39, 0.29) is 5.56 Å². The molecule has 23 heavy (non-hydrogen) atoms. The van der Waals surface area contributed by atoms with Crippen LogP contribution in [-0.4, -0.2) is 12.9 Å². The van der Waals surface area contributed by atoms with E-state index in [4.69, 9.17) is 4.74 Å². The van der Waals surface area contributed by atoms with Gasteiger partial charge in [0.05, 0.1) is 7.11 Å². The Morgan fingerprint density at radius 2 is 1.70 bits per heavy atom. The van der Waals surface area contributed by atoms with Crippen molar-refractivity contribution in [1.29, 1.82) is 0 Å². The molecular weight excluding hydrogens is 366 g/mol. The molecule has 0 radical (unpaired) electrons. The average molecular weight is 377 g/mol. The summed E-state index contributed by atoms with van der Waals surface area (Å²) in [6.07, 6.45) is 0. The van der Waals surface area contributed by atoms with E-state index in [1.54, 1.807) is 6.07 Å². The van der Waals surface area contributed by atoms with Crippen LogP contribution in [-0.2, 0) is 0 Å². The lowest BCUT2D eigenvalue weighted by Crippen LogP contribution is -2.05. The van der Waals surface area contributed by atoms with E-state index >= 15 is 0 Å². The fourth-order valence-electron chi connectivity index (χ4n) is 2.43. The number of rotatable bonds is 3. The average Bonchev–Trinajstić information content (AvgIpc) is 2.57. The maximum atomic E-state index is 13.4. The number of ether oxygens (including phenoxy) is 1. The molecule has 0 spiro atoms. The van der Waals surface area contributed by atoms with Crippen molar-refractivity contribution in [3.8, 4) is 5.75 Å². The van der Waals surface area contributed by atoms with E-state index in [9.17, 15) is 13.6 Å². The molecule has 5 heteroatoms. The van der Waals surface area contributed by atoms with Crippen LogP contribution in [0, 0.1) is 11.6 Å². The Morgan fingerprint density at radius 3 is 2.35 bits per heavy atom. The molecule has 3 aromatic carbocycles. The van der Waals surface area contributed by atoms with Crippen molar-refractivity contribution in [1.82, 2.24) is 0 Å². The van der Waals surface area contributed by atoms with E-state index in [1.165, 1.54) is 13.2 Å². The summed E-state index contributed by atoms with van der Waals surface area (Å²) in [5.74, 6) is -1.93. The Bertz CT molecular complexity index is 922. The van der Waals surface area contributed by atoms with Gasteiger partial charge in [0.1, 0.15) is 5.75 Å².